The Balaban J connectivity index is 2.48. The van der Waals surface area contributed by atoms with Gasteiger partial charge in [0.15, 0.2) is 0 Å². The highest BCUT2D eigenvalue weighted by atomic mass is 79.9. The second-order valence-electron chi connectivity index (χ2n) is 3.89. The highest BCUT2D eigenvalue weighted by Gasteiger charge is 2.14. The van der Waals surface area contributed by atoms with E-state index in [4.69, 9.17) is 0 Å². The lowest BCUT2D eigenvalue weighted by Crippen LogP contribution is -2.27. The summed E-state index contributed by atoms with van der Waals surface area (Å²) in [5, 5.41) is 3.22. The molecule has 0 radical (unpaired) electrons. The first-order valence-electron chi connectivity index (χ1n) is 4.94. The number of nitrogens with zero attached hydrogens (tertiary/aromatic N) is 1. The molecule has 0 aliphatic carbocycles. The largest absolute Gasteiger partial charge is 0.299 e. The fraction of sp³-hybridized carbons (Fsp3) is 0.636. The standard InChI is InChI=1S/C11H18BrNS/c1-9(7-12)8-13(3)10(2)11-5-4-6-14-11/h4-6,9-10H,7-8H2,1-3H3. The second-order valence-corrected chi connectivity index (χ2v) is 5.52. The van der Waals surface area contributed by atoms with Gasteiger partial charge in [0.25, 0.3) is 0 Å². The molecule has 3 heteroatoms. The van der Waals surface area contributed by atoms with E-state index in [1.54, 1.807) is 0 Å². The van der Waals surface area contributed by atoms with Gasteiger partial charge in [0.05, 0.1) is 0 Å². The zero-order valence-corrected chi connectivity index (χ0v) is 11.4. The van der Waals surface area contributed by atoms with E-state index in [0.717, 1.165) is 11.9 Å². The molecule has 2 unspecified atom stereocenters. The minimum Gasteiger partial charge on any atom is -0.299 e. The lowest BCUT2D eigenvalue weighted by atomic mass is 10.1. The van der Waals surface area contributed by atoms with Crippen molar-refractivity contribution in [2.75, 3.05) is 18.9 Å². The molecule has 0 spiro atoms. The topological polar surface area (TPSA) is 3.24 Å². The van der Waals surface area contributed by atoms with Crippen LogP contribution in [0.5, 0.6) is 0 Å². The number of hydrogen-bond acceptors (Lipinski definition) is 2. The van der Waals surface area contributed by atoms with Crippen LogP contribution in [0.1, 0.15) is 24.8 Å². The van der Waals surface area contributed by atoms with Crippen molar-refractivity contribution in [3.63, 3.8) is 0 Å². The van der Waals surface area contributed by atoms with Crippen molar-refractivity contribution < 1.29 is 0 Å². The third-order valence-electron chi connectivity index (χ3n) is 2.48. The van der Waals surface area contributed by atoms with Crippen molar-refractivity contribution in [2.45, 2.75) is 19.9 Å². The summed E-state index contributed by atoms with van der Waals surface area (Å²) in [5.41, 5.74) is 0. The Morgan fingerprint density at radius 2 is 2.21 bits per heavy atom. The Hall–Kier alpha value is 0.140. The molecule has 0 N–H and O–H groups in total. The fourth-order valence-corrected chi connectivity index (χ4v) is 2.50. The summed E-state index contributed by atoms with van der Waals surface area (Å²) >= 11 is 5.36. The van der Waals surface area contributed by atoms with Crippen LogP contribution in [0.25, 0.3) is 0 Å². The molecule has 1 nitrogen and oxygen atoms in total. The van der Waals surface area contributed by atoms with Gasteiger partial charge in [-0.25, -0.2) is 0 Å². The lowest BCUT2D eigenvalue weighted by molar-refractivity contribution is 0.238. The first-order valence-corrected chi connectivity index (χ1v) is 6.95. The molecule has 2 atom stereocenters. The molecule has 0 saturated carbocycles. The smallest absolute Gasteiger partial charge is 0.0410 e. The monoisotopic (exact) mass is 275 g/mol. The Morgan fingerprint density at radius 1 is 1.50 bits per heavy atom. The van der Waals surface area contributed by atoms with Gasteiger partial charge < -0.3 is 0 Å². The predicted octanol–water partition coefficient (Wildman–Crippen LogP) is 3.77. The van der Waals surface area contributed by atoms with E-state index in [9.17, 15) is 0 Å². The summed E-state index contributed by atoms with van der Waals surface area (Å²) in [6, 6.07) is 4.87. The molecule has 0 amide bonds. The molecular formula is C11H18BrNS. The Bertz CT molecular complexity index is 248. The van der Waals surface area contributed by atoms with E-state index < -0.39 is 0 Å². The third-order valence-corrected chi connectivity index (χ3v) is 4.63. The number of alkyl halides is 1. The van der Waals surface area contributed by atoms with Gasteiger partial charge in [-0.1, -0.05) is 28.9 Å². The maximum Gasteiger partial charge on any atom is 0.0410 e. The van der Waals surface area contributed by atoms with Gasteiger partial charge in [0.2, 0.25) is 0 Å². The number of thiophene rings is 1. The Labute approximate surface area is 99.3 Å². The van der Waals surface area contributed by atoms with Crippen LogP contribution in [0.3, 0.4) is 0 Å². The van der Waals surface area contributed by atoms with Crippen LogP contribution in [0, 0.1) is 5.92 Å². The normalized spacial score (nSPS) is 15.8. The van der Waals surface area contributed by atoms with Crippen LogP contribution >= 0.6 is 27.3 Å². The summed E-state index contributed by atoms with van der Waals surface area (Å²) in [4.78, 5) is 3.87. The maximum absolute atomic E-state index is 3.52. The zero-order valence-electron chi connectivity index (χ0n) is 9.03. The second kappa shape index (κ2) is 5.89. The molecule has 1 heterocycles. The van der Waals surface area contributed by atoms with Crippen molar-refractivity contribution in [3.05, 3.63) is 22.4 Å². The molecule has 1 aromatic rings. The van der Waals surface area contributed by atoms with E-state index in [2.05, 4.69) is 59.2 Å². The maximum atomic E-state index is 3.52. The quantitative estimate of drug-likeness (QED) is 0.740. The number of halogens is 1. The molecule has 0 fully saturated rings. The van der Waals surface area contributed by atoms with Gasteiger partial charge in [-0.2, -0.15) is 0 Å². The molecule has 0 aliphatic heterocycles. The van der Waals surface area contributed by atoms with Gasteiger partial charge in [-0.3, -0.25) is 4.90 Å². The first-order chi connectivity index (χ1) is 6.65. The summed E-state index contributed by atoms with van der Waals surface area (Å²) in [6.07, 6.45) is 0. The minimum absolute atomic E-state index is 0.538. The van der Waals surface area contributed by atoms with Crippen LogP contribution in [0.2, 0.25) is 0 Å². The van der Waals surface area contributed by atoms with Crippen molar-refractivity contribution in [2.24, 2.45) is 5.92 Å². The molecule has 0 aromatic carbocycles. The van der Waals surface area contributed by atoms with E-state index in [-0.39, 0.29) is 0 Å². The summed E-state index contributed by atoms with van der Waals surface area (Å²) in [7, 11) is 2.20. The van der Waals surface area contributed by atoms with Crippen LogP contribution < -0.4 is 0 Å². The molecule has 14 heavy (non-hydrogen) atoms. The number of hydrogen-bond donors (Lipinski definition) is 0. The molecular weight excluding hydrogens is 258 g/mol. The highest BCUT2D eigenvalue weighted by Crippen LogP contribution is 2.23. The molecule has 80 valence electrons. The summed E-state index contributed by atoms with van der Waals surface area (Å²) < 4.78 is 0. The molecule has 0 aliphatic rings. The zero-order chi connectivity index (χ0) is 10.6. The van der Waals surface area contributed by atoms with Gasteiger partial charge in [0, 0.05) is 22.8 Å². The van der Waals surface area contributed by atoms with Gasteiger partial charge >= 0.3 is 0 Å². The molecule has 1 rings (SSSR count). The lowest BCUT2D eigenvalue weighted by Gasteiger charge is -2.26. The van der Waals surface area contributed by atoms with Crippen LogP contribution in [0.15, 0.2) is 17.5 Å². The minimum atomic E-state index is 0.538. The van der Waals surface area contributed by atoms with Gasteiger partial charge in [-0.05, 0) is 31.3 Å². The first kappa shape index (κ1) is 12.2. The van der Waals surface area contributed by atoms with E-state index in [1.165, 1.54) is 4.88 Å². The van der Waals surface area contributed by atoms with Crippen molar-refractivity contribution in [1.82, 2.24) is 4.90 Å². The fourth-order valence-electron chi connectivity index (χ4n) is 1.44. The van der Waals surface area contributed by atoms with E-state index in [0.29, 0.717) is 12.0 Å². The Kier molecular flexibility index (Phi) is 5.13. The SMILES string of the molecule is CC(CBr)CN(C)C(C)c1cccs1. The van der Waals surface area contributed by atoms with Crippen LogP contribution in [-0.4, -0.2) is 23.8 Å². The molecule has 0 saturated heterocycles. The average Bonchev–Trinajstić information content (AvgIpc) is 2.69. The molecule has 0 bridgehead atoms. The molecule has 1 aromatic heterocycles. The van der Waals surface area contributed by atoms with E-state index >= 15 is 0 Å². The van der Waals surface area contributed by atoms with Gasteiger partial charge in [-0.15, -0.1) is 11.3 Å². The van der Waals surface area contributed by atoms with Crippen molar-refractivity contribution in [1.29, 1.82) is 0 Å². The highest BCUT2D eigenvalue weighted by molar-refractivity contribution is 9.09. The van der Waals surface area contributed by atoms with Crippen molar-refractivity contribution in [3.8, 4) is 0 Å². The third kappa shape index (κ3) is 3.37. The van der Waals surface area contributed by atoms with Crippen LogP contribution in [-0.2, 0) is 0 Å². The predicted molar refractivity (Wildman–Crippen MR) is 68.3 cm³/mol. The van der Waals surface area contributed by atoms with Crippen molar-refractivity contribution >= 4 is 27.3 Å². The van der Waals surface area contributed by atoms with Crippen LogP contribution in [0.4, 0.5) is 0 Å². The summed E-state index contributed by atoms with van der Waals surface area (Å²) in [5.74, 6) is 0.711. The Morgan fingerprint density at radius 3 is 2.71 bits per heavy atom. The number of rotatable bonds is 5. The summed E-state index contributed by atoms with van der Waals surface area (Å²) in [6.45, 7) is 5.68. The van der Waals surface area contributed by atoms with Gasteiger partial charge in [0.1, 0.15) is 0 Å². The average molecular weight is 276 g/mol. The van der Waals surface area contributed by atoms with E-state index in [1.807, 2.05) is 11.3 Å².